The van der Waals surface area contributed by atoms with Gasteiger partial charge in [0, 0.05) is 30.8 Å². The molecule has 0 saturated carbocycles. The van der Waals surface area contributed by atoms with Crippen LogP contribution in [0.3, 0.4) is 0 Å². The fraction of sp³-hybridized carbons (Fsp3) is 0.429. The van der Waals surface area contributed by atoms with Gasteiger partial charge in [0.25, 0.3) is 5.69 Å². The zero-order chi connectivity index (χ0) is 15.9. The molecule has 2 rings (SSSR count). The van der Waals surface area contributed by atoms with Crippen LogP contribution < -0.4 is 10.7 Å². The fourth-order valence-corrected chi connectivity index (χ4v) is 2.22. The highest BCUT2D eigenvalue weighted by atomic mass is 32.1. The highest BCUT2D eigenvalue weighted by molar-refractivity contribution is 7.80. The third-order valence-electron chi connectivity index (χ3n) is 3.31. The maximum Gasteiger partial charge on any atom is 0.270 e. The lowest BCUT2D eigenvalue weighted by Gasteiger charge is -2.12. The summed E-state index contributed by atoms with van der Waals surface area (Å²) >= 11 is 5.13. The molecule has 0 amide bonds. The number of benzene rings is 1. The highest BCUT2D eigenvalue weighted by Crippen LogP contribution is 2.13. The van der Waals surface area contributed by atoms with E-state index in [4.69, 9.17) is 17.0 Å². The second-order valence-corrected chi connectivity index (χ2v) is 5.37. The number of nitro benzene ring substituents is 1. The molecule has 0 aromatic heterocycles. The number of thiocarbonyl (C=S) groups is 1. The Morgan fingerprint density at radius 1 is 1.59 bits per heavy atom. The first-order chi connectivity index (χ1) is 10.6. The molecular formula is C14H18N4O3S. The van der Waals surface area contributed by atoms with Gasteiger partial charge >= 0.3 is 0 Å². The minimum absolute atomic E-state index is 0.0335. The molecule has 1 aliphatic heterocycles. The molecule has 1 aromatic carbocycles. The Hall–Kier alpha value is -2.06. The summed E-state index contributed by atoms with van der Waals surface area (Å²) < 4.78 is 5.48. The highest BCUT2D eigenvalue weighted by Gasteiger charge is 2.15. The van der Waals surface area contributed by atoms with Crippen LogP contribution >= 0.6 is 12.2 Å². The van der Waals surface area contributed by atoms with Gasteiger partial charge < -0.3 is 10.1 Å². The number of nitro groups is 1. The SMILES string of the molecule is C/C(=N/NC(=S)NC[C@H]1CCCO1)c1cccc([N+](=O)[O-])c1. The molecule has 22 heavy (non-hydrogen) atoms. The number of ether oxygens (including phenoxy) is 1. The van der Waals surface area contributed by atoms with Crippen molar-refractivity contribution in [1.29, 1.82) is 0 Å². The summed E-state index contributed by atoms with van der Waals surface area (Å²) in [6.07, 6.45) is 2.31. The topological polar surface area (TPSA) is 88.8 Å². The summed E-state index contributed by atoms with van der Waals surface area (Å²) in [6, 6.07) is 6.30. The van der Waals surface area contributed by atoms with Gasteiger partial charge in [-0.25, -0.2) is 0 Å². The van der Waals surface area contributed by atoms with Crippen LogP contribution in [0.15, 0.2) is 29.4 Å². The van der Waals surface area contributed by atoms with E-state index in [9.17, 15) is 10.1 Å². The third kappa shape index (κ3) is 4.74. The van der Waals surface area contributed by atoms with E-state index >= 15 is 0 Å². The molecular weight excluding hydrogens is 304 g/mol. The van der Waals surface area contributed by atoms with E-state index in [0.717, 1.165) is 19.4 Å². The molecule has 1 aliphatic rings. The Kier molecular flexibility index (Phi) is 5.79. The van der Waals surface area contributed by atoms with Gasteiger partial charge in [0.15, 0.2) is 5.11 Å². The van der Waals surface area contributed by atoms with Crippen molar-refractivity contribution < 1.29 is 9.66 Å². The average molecular weight is 322 g/mol. The van der Waals surface area contributed by atoms with Crippen LogP contribution in [0.25, 0.3) is 0 Å². The Morgan fingerprint density at radius 2 is 2.41 bits per heavy atom. The second kappa shape index (κ2) is 7.81. The summed E-state index contributed by atoms with van der Waals surface area (Å²) in [5.74, 6) is 0. The second-order valence-electron chi connectivity index (χ2n) is 4.96. The Bertz CT molecular complexity index is 585. The molecule has 1 saturated heterocycles. The van der Waals surface area contributed by atoms with E-state index in [1.165, 1.54) is 12.1 Å². The maximum absolute atomic E-state index is 10.8. The van der Waals surface area contributed by atoms with Crippen LogP contribution in [0.2, 0.25) is 0 Å². The number of hydrogen-bond acceptors (Lipinski definition) is 5. The van der Waals surface area contributed by atoms with Crippen LogP contribution in [-0.4, -0.2) is 35.0 Å². The van der Waals surface area contributed by atoms with Crippen LogP contribution in [0.1, 0.15) is 25.3 Å². The number of nitrogens with zero attached hydrogens (tertiary/aromatic N) is 2. The van der Waals surface area contributed by atoms with Crippen molar-refractivity contribution in [2.45, 2.75) is 25.9 Å². The van der Waals surface area contributed by atoms with Crippen molar-refractivity contribution in [1.82, 2.24) is 10.7 Å². The zero-order valence-electron chi connectivity index (χ0n) is 12.2. The van der Waals surface area contributed by atoms with E-state index in [1.54, 1.807) is 19.1 Å². The first-order valence-electron chi connectivity index (χ1n) is 7.01. The third-order valence-corrected chi connectivity index (χ3v) is 3.55. The standard InChI is InChI=1S/C14H18N4O3S/c1-10(11-4-2-5-12(8-11)18(19)20)16-17-14(22)15-9-13-6-3-7-21-13/h2,4-5,8,13H,3,6-7,9H2,1H3,(H2,15,17,22)/b16-10-/t13-/m1/s1. The number of hydrogen-bond donors (Lipinski definition) is 2. The number of hydrazone groups is 1. The summed E-state index contributed by atoms with van der Waals surface area (Å²) in [6.45, 7) is 3.21. The van der Waals surface area contributed by atoms with Gasteiger partial charge in [0.05, 0.1) is 16.7 Å². The van der Waals surface area contributed by atoms with Gasteiger partial charge in [-0.05, 0) is 32.0 Å². The molecule has 0 bridgehead atoms. The largest absolute Gasteiger partial charge is 0.376 e. The van der Waals surface area contributed by atoms with Crippen molar-refractivity contribution >= 4 is 28.7 Å². The minimum Gasteiger partial charge on any atom is -0.376 e. The first-order valence-corrected chi connectivity index (χ1v) is 7.41. The van der Waals surface area contributed by atoms with E-state index in [1.807, 2.05) is 0 Å². The molecule has 7 nitrogen and oxygen atoms in total. The zero-order valence-corrected chi connectivity index (χ0v) is 13.1. The molecule has 8 heteroatoms. The van der Waals surface area contributed by atoms with E-state index in [0.29, 0.717) is 22.9 Å². The number of non-ortho nitro benzene ring substituents is 1. The Balaban J connectivity index is 1.87. The lowest BCUT2D eigenvalue weighted by molar-refractivity contribution is -0.384. The Labute approximate surface area is 133 Å². The molecule has 1 atom stereocenters. The van der Waals surface area contributed by atoms with Gasteiger partial charge in [0.2, 0.25) is 0 Å². The average Bonchev–Trinajstić information content (AvgIpc) is 3.04. The molecule has 0 spiro atoms. The molecule has 0 aliphatic carbocycles. The summed E-state index contributed by atoms with van der Waals surface area (Å²) in [5.41, 5.74) is 4.06. The van der Waals surface area contributed by atoms with Gasteiger partial charge in [-0.15, -0.1) is 0 Å². The Morgan fingerprint density at radius 3 is 3.09 bits per heavy atom. The molecule has 0 unspecified atom stereocenters. The molecule has 2 N–H and O–H groups in total. The van der Waals surface area contributed by atoms with Crippen molar-refractivity contribution in [3.63, 3.8) is 0 Å². The molecule has 1 aromatic rings. The predicted octanol–water partition coefficient (Wildman–Crippen LogP) is 1.96. The van der Waals surface area contributed by atoms with Gasteiger partial charge in [-0.3, -0.25) is 15.5 Å². The minimum atomic E-state index is -0.433. The van der Waals surface area contributed by atoms with Crippen molar-refractivity contribution in [3.8, 4) is 0 Å². The van der Waals surface area contributed by atoms with Crippen LogP contribution in [0.4, 0.5) is 5.69 Å². The van der Waals surface area contributed by atoms with Gasteiger partial charge in [0.1, 0.15) is 0 Å². The van der Waals surface area contributed by atoms with Gasteiger partial charge in [-0.1, -0.05) is 12.1 Å². The maximum atomic E-state index is 10.8. The van der Waals surface area contributed by atoms with Crippen LogP contribution in [0, 0.1) is 10.1 Å². The summed E-state index contributed by atoms with van der Waals surface area (Å²) in [5, 5.41) is 18.3. The van der Waals surface area contributed by atoms with Crippen molar-refractivity contribution in [2.75, 3.05) is 13.2 Å². The fourth-order valence-electron chi connectivity index (χ4n) is 2.10. The van der Waals surface area contributed by atoms with E-state index in [2.05, 4.69) is 15.8 Å². The normalized spacial score (nSPS) is 18.0. The summed E-state index contributed by atoms with van der Waals surface area (Å²) in [4.78, 5) is 10.3. The predicted molar refractivity (Wildman–Crippen MR) is 88.0 cm³/mol. The molecule has 1 heterocycles. The molecule has 1 fully saturated rings. The van der Waals surface area contributed by atoms with Crippen molar-refractivity contribution in [3.05, 3.63) is 39.9 Å². The number of rotatable bonds is 5. The van der Waals surface area contributed by atoms with Crippen molar-refractivity contribution in [2.24, 2.45) is 5.10 Å². The first kappa shape index (κ1) is 16.3. The van der Waals surface area contributed by atoms with Gasteiger partial charge in [-0.2, -0.15) is 5.10 Å². The smallest absolute Gasteiger partial charge is 0.270 e. The quantitative estimate of drug-likeness (QED) is 0.373. The van der Waals surface area contributed by atoms with Crippen LogP contribution in [0.5, 0.6) is 0 Å². The monoisotopic (exact) mass is 322 g/mol. The lowest BCUT2D eigenvalue weighted by Crippen LogP contribution is -2.37. The molecule has 118 valence electrons. The molecule has 0 radical (unpaired) electrons. The van der Waals surface area contributed by atoms with E-state index in [-0.39, 0.29) is 11.8 Å². The van der Waals surface area contributed by atoms with Crippen LogP contribution in [-0.2, 0) is 4.74 Å². The summed E-state index contributed by atoms with van der Waals surface area (Å²) in [7, 11) is 0. The number of nitrogens with one attached hydrogen (secondary N) is 2. The lowest BCUT2D eigenvalue weighted by atomic mass is 10.1. The van der Waals surface area contributed by atoms with E-state index < -0.39 is 4.92 Å².